The molecular formula is C14H22N6O8. The molecule has 0 unspecified atom stereocenters. The van der Waals surface area contributed by atoms with Crippen LogP contribution in [0.4, 0.5) is 14.4 Å². The average molecular weight is 402 g/mol. The van der Waals surface area contributed by atoms with E-state index in [1.165, 1.54) is 9.80 Å². The molecule has 0 aromatic carbocycles. The number of rotatable bonds is 6. The van der Waals surface area contributed by atoms with Crippen LogP contribution in [-0.2, 0) is 9.63 Å². The summed E-state index contributed by atoms with van der Waals surface area (Å²) in [5, 5.41) is 32.1. The van der Waals surface area contributed by atoms with E-state index in [0.29, 0.717) is 30.9 Å². The van der Waals surface area contributed by atoms with E-state index < -0.39 is 42.6 Å². The lowest BCUT2D eigenvalue weighted by molar-refractivity contribution is -0.143. The number of hydrogen-bond donors (Lipinski definition) is 6. The minimum Gasteiger partial charge on any atom is -0.465 e. The Labute approximate surface area is 158 Å². The fourth-order valence-electron chi connectivity index (χ4n) is 3.67. The van der Waals surface area contributed by atoms with Crippen molar-refractivity contribution < 1.29 is 39.4 Å². The van der Waals surface area contributed by atoms with Crippen molar-refractivity contribution in [1.29, 1.82) is 0 Å². The molecule has 14 nitrogen and oxygen atoms in total. The summed E-state index contributed by atoms with van der Waals surface area (Å²) in [5.41, 5.74) is 2.32. The van der Waals surface area contributed by atoms with Crippen LogP contribution in [0.3, 0.4) is 0 Å². The maximum absolute atomic E-state index is 12.4. The van der Waals surface area contributed by atoms with Crippen molar-refractivity contribution in [2.75, 3.05) is 19.6 Å². The van der Waals surface area contributed by atoms with Gasteiger partial charge in [0.15, 0.2) is 6.29 Å². The predicted octanol–water partition coefficient (Wildman–Crippen LogP) is -1.41. The first kappa shape index (κ1) is 19.9. The fourth-order valence-corrected chi connectivity index (χ4v) is 3.67. The highest BCUT2D eigenvalue weighted by molar-refractivity contribution is 5.87. The number of piperidine rings is 1. The number of urea groups is 1. The Morgan fingerprint density at radius 1 is 1.07 bits per heavy atom. The standard InChI is InChI=1S/C14H22N6O8/c21-10(9-2-1-7-5-19(9)14(26)20(7)27)17-28-8-3-4-18(6-8)11(15-12(22)23)16-13(24)25/h7-9,11,15-16,27H,1-6H2,(H,17,21)(H,22,23)(H,24,25)/t7-,8+,9+/m1/s1. The van der Waals surface area contributed by atoms with Crippen LogP contribution in [0, 0.1) is 0 Å². The molecule has 5 amide bonds. The molecule has 0 aromatic heterocycles. The molecule has 3 saturated heterocycles. The maximum atomic E-state index is 12.4. The molecule has 0 aliphatic carbocycles. The second kappa shape index (κ2) is 8.04. The Bertz CT molecular complexity index is 646. The van der Waals surface area contributed by atoms with E-state index in [1.807, 2.05) is 0 Å². The number of nitrogens with zero attached hydrogens (tertiary/aromatic N) is 3. The van der Waals surface area contributed by atoms with Crippen LogP contribution >= 0.6 is 0 Å². The summed E-state index contributed by atoms with van der Waals surface area (Å²) in [6.45, 7) is 0.778. The fraction of sp³-hybridized carbons (Fsp3) is 0.714. The van der Waals surface area contributed by atoms with Crippen LogP contribution in [0.25, 0.3) is 0 Å². The molecule has 2 bridgehead atoms. The lowest BCUT2D eigenvalue weighted by atomic mass is 10.0. The van der Waals surface area contributed by atoms with E-state index in [2.05, 4.69) is 16.1 Å². The molecule has 6 N–H and O–H groups in total. The molecule has 3 atom stereocenters. The van der Waals surface area contributed by atoms with Gasteiger partial charge in [-0.05, 0) is 19.3 Å². The summed E-state index contributed by atoms with van der Waals surface area (Å²) in [6.07, 6.45) is -3.09. The largest absolute Gasteiger partial charge is 0.465 e. The first-order valence-corrected chi connectivity index (χ1v) is 8.73. The van der Waals surface area contributed by atoms with E-state index in [1.54, 1.807) is 0 Å². The van der Waals surface area contributed by atoms with Crippen molar-refractivity contribution in [1.82, 2.24) is 31.0 Å². The number of likely N-dealkylation sites (tertiary alicyclic amines) is 1. The Morgan fingerprint density at radius 3 is 2.39 bits per heavy atom. The number of nitrogens with one attached hydrogen (secondary N) is 3. The van der Waals surface area contributed by atoms with Crippen molar-refractivity contribution in [3.8, 4) is 0 Å². The summed E-state index contributed by atoms with van der Waals surface area (Å²) in [6, 6.07) is -1.66. The van der Waals surface area contributed by atoms with E-state index in [4.69, 9.17) is 15.1 Å². The maximum Gasteiger partial charge on any atom is 0.407 e. The van der Waals surface area contributed by atoms with Crippen LogP contribution in [0.1, 0.15) is 19.3 Å². The zero-order valence-corrected chi connectivity index (χ0v) is 14.8. The smallest absolute Gasteiger partial charge is 0.407 e. The lowest BCUT2D eigenvalue weighted by Gasteiger charge is -2.29. The van der Waals surface area contributed by atoms with Gasteiger partial charge in [-0.15, -0.1) is 0 Å². The minimum atomic E-state index is -1.39. The molecule has 0 radical (unpaired) electrons. The first-order valence-electron chi connectivity index (χ1n) is 8.73. The molecule has 3 fully saturated rings. The van der Waals surface area contributed by atoms with Gasteiger partial charge in [-0.25, -0.2) is 24.9 Å². The van der Waals surface area contributed by atoms with Crippen LogP contribution < -0.4 is 16.1 Å². The second-order valence-electron chi connectivity index (χ2n) is 6.82. The van der Waals surface area contributed by atoms with Gasteiger partial charge in [0, 0.05) is 19.6 Å². The molecule has 28 heavy (non-hydrogen) atoms. The molecule has 0 spiro atoms. The molecule has 3 aliphatic heterocycles. The van der Waals surface area contributed by atoms with Crippen LogP contribution in [0.2, 0.25) is 0 Å². The van der Waals surface area contributed by atoms with E-state index in [9.17, 15) is 24.4 Å². The summed E-state index contributed by atoms with van der Waals surface area (Å²) in [4.78, 5) is 54.1. The molecule has 0 saturated carbocycles. The topological polar surface area (TPSA) is 184 Å². The zero-order chi connectivity index (χ0) is 20.4. The van der Waals surface area contributed by atoms with E-state index >= 15 is 0 Å². The van der Waals surface area contributed by atoms with Crippen molar-refractivity contribution in [2.24, 2.45) is 0 Å². The van der Waals surface area contributed by atoms with Crippen molar-refractivity contribution >= 4 is 24.1 Å². The molecular weight excluding hydrogens is 380 g/mol. The minimum absolute atomic E-state index is 0.172. The van der Waals surface area contributed by atoms with Gasteiger partial charge in [0.05, 0.1) is 12.1 Å². The highest BCUT2D eigenvalue weighted by Gasteiger charge is 2.47. The number of fused-ring (bicyclic) bond motifs is 2. The number of carboxylic acid groups (broad SMARTS) is 2. The third-order valence-corrected chi connectivity index (χ3v) is 5.04. The molecule has 14 heteroatoms. The highest BCUT2D eigenvalue weighted by Crippen LogP contribution is 2.28. The molecule has 3 rings (SSSR count). The first-order chi connectivity index (χ1) is 13.3. The Hall–Kier alpha value is -2.84. The Kier molecular flexibility index (Phi) is 5.71. The molecule has 0 aromatic rings. The summed E-state index contributed by atoms with van der Waals surface area (Å²) in [7, 11) is 0. The number of carbonyl (C=O) groups is 4. The average Bonchev–Trinajstić information content (AvgIpc) is 3.19. The summed E-state index contributed by atoms with van der Waals surface area (Å²) < 4.78 is 0. The Balaban J connectivity index is 1.49. The van der Waals surface area contributed by atoms with Gasteiger partial charge in [-0.3, -0.25) is 30.4 Å². The quantitative estimate of drug-likeness (QED) is 0.176. The van der Waals surface area contributed by atoms with Gasteiger partial charge in [0.1, 0.15) is 6.04 Å². The number of amides is 5. The molecule has 3 heterocycles. The molecule has 3 aliphatic rings. The van der Waals surface area contributed by atoms with E-state index in [-0.39, 0.29) is 19.1 Å². The monoisotopic (exact) mass is 402 g/mol. The Morgan fingerprint density at radius 2 is 1.75 bits per heavy atom. The van der Waals surface area contributed by atoms with Gasteiger partial charge < -0.3 is 15.1 Å². The molecule has 156 valence electrons. The highest BCUT2D eigenvalue weighted by atomic mass is 16.7. The van der Waals surface area contributed by atoms with Crippen molar-refractivity contribution in [2.45, 2.75) is 43.7 Å². The van der Waals surface area contributed by atoms with Gasteiger partial charge in [-0.1, -0.05) is 0 Å². The lowest BCUT2D eigenvalue weighted by Crippen LogP contribution is -2.57. The van der Waals surface area contributed by atoms with E-state index in [0.717, 1.165) is 0 Å². The second-order valence-corrected chi connectivity index (χ2v) is 6.82. The number of hydroxylamine groups is 3. The third-order valence-electron chi connectivity index (χ3n) is 5.04. The van der Waals surface area contributed by atoms with Gasteiger partial charge in [0.2, 0.25) is 0 Å². The zero-order valence-electron chi connectivity index (χ0n) is 14.8. The van der Waals surface area contributed by atoms with Crippen LogP contribution in [-0.4, -0.2) is 98.5 Å². The van der Waals surface area contributed by atoms with Crippen molar-refractivity contribution in [3.05, 3.63) is 0 Å². The van der Waals surface area contributed by atoms with Gasteiger partial charge in [-0.2, -0.15) is 0 Å². The number of hydrogen-bond acceptors (Lipinski definition) is 7. The van der Waals surface area contributed by atoms with Crippen LogP contribution in [0.5, 0.6) is 0 Å². The predicted molar refractivity (Wildman–Crippen MR) is 87.9 cm³/mol. The van der Waals surface area contributed by atoms with Gasteiger partial charge in [0.25, 0.3) is 5.91 Å². The summed E-state index contributed by atoms with van der Waals surface area (Å²) in [5.74, 6) is -0.510. The SMILES string of the molecule is O=C(O)NC(NC(=O)O)N1CC[C@H](ONC(=O)[C@@H]2CC[C@@H]3CN2C(=O)N3O)C1. The number of carbonyl (C=O) groups excluding carboxylic acids is 2. The van der Waals surface area contributed by atoms with Crippen molar-refractivity contribution in [3.63, 3.8) is 0 Å². The summed E-state index contributed by atoms with van der Waals surface area (Å²) >= 11 is 0. The third kappa shape index (κ3) is 4.18. The van der Waals surface area contributed by atoms with Gasteiger partial charge >= 0.3 is 18.2 Å². The normalized spacial score (nSPS) is 27.2. The van der Waals surface area contributed by atoms with Crippen LogP contribution in [0.15, 0.2) is 0 Å².